The summed E-state index contributed by atoms with van der Waals surface area (Å²) in [5.74, 6) is 1.03. The third-order valence-corrected chi connectivity index (χ3v) is 6.55. The second kappa shape index (κ2) is 10.0. The van der Waals surface area contributed by atoms with Crippen molar-refractivity contribution in [3.8, 4) is 0 Å². The molecule has 2 aromatic rings. The van der Waals surface area contributed by atoms with Gasteiger partial charge in [0.1, 0.15) is 5.82 Å². The predicted octanol–water partition coefficient (Wildman–Crippen LogP) is 2.25. The van der Waals surface area contributed by atoms with Gasteiger partial charge < -0.3 is 20.2 Å². The Labute approximate surface area is 175 Å². The van der Waals surface area contributed by atoms with E-state index in [9.17, 15) is 14.7 Å². The number of aliphatic hydroxyl groups is 1. The van der Waals surface area contributed by atoms with Gasteiger partial charge in [0, 0.05) is 44.4 Å². The van der Waals surface area contributed by atoms with Gasteiger partial charge in [-0.05, 0) is 29.6 Å². The van der Waals surface area contributed by atoms with Gasteiger partial charge in [-0.3, -0.25) is 9.59 Å². The quantitative estimate of drug-likeness (QED) is 0.687. The second-order valence-electron chi connectivity index (χ2n) is 7.61. The fourth-order valence-corrected chi connectivity index (χ4v) is 4.37. The van der Waals surface area contributed by atoms with Crippen LogP contribution in [0.25, 0.3) is 10.1 Å². The molecule has 2 amide bonds. The van der Waals surface area contributed by atoms with E-state index in [2.05, 4.69) is 26.7 Å². The Morgan fingerprint density at radius 3 is 2.62 bits per heavy atom. The van der Waals surface area contributed by atoms with E-state index in [0.717, 1.165) is 30.7 Å². The van der Waals surface area contributed by atoms with Crippen LogP contribution in [0.15, 0.2) is 24.3 Å². The van der Waals surface area contributed by atoms with Gasteiger partial charge >= 0.3 is 0 Å². The molecular formula is C21H30N4O3S. The lowest BCUT2D eigenvalue weighted by Crippen LogP contribution is -2.49. The van der Waals surface area contributed by atoms with E-state index >= 15 is 0 Å². The highest BCUT2D eigenvalue weighted by molar-refractivity contribution is 7.13. The zero-order valence-corrected chi connectivity index (χ0v) is 18.0. The lowest BCUT2D eigenvalue weighted by atomic mass is 10.00. The number of carbonyl (C=O) groups is 2. The molecule has 1 aliphatic heterocycles. The number of nitrogens with one attached hydrogen (secondary N) is 1. The zero-order chi connectivity index (χ0) is 20.8. The fraction of sp³-hybridized carbons (Fsp3) is 0.571. The Morgan fingerprint density at radius 1 is 1.21 bits per heavy atom. The summed E-state index contributed by atoms with van der Waals surface area (Å²) < 4.78 is 5.77. The molecule has 2 atom stereocenters. The number of hydrogen-bond donors (Lipinski definition) is 2. The molecule has 7 nitrogen and oxygen atoms in total. The third kappa shape index (κ3) is 5.25. The second-order valence-corrected chi connectivity index (χ2v) is 8.42. The van der Waals surface area contributed by atoms with Crippen LogP contribution in [-0.2, 0) is 9.59 Å². The van der Waals surface area contributed by atoms with Crippen molar-refractivity contribution in [3.63, 3.8) is 0 Å². The first-order valence-corrected chi connectivity index (χ1v) is 11.1. The molecule has 29 heavy (non-hydrogen) atoms. The van der Waals surface area contributed by atoms with Crippen molar-refractivity contribution in [2.45, 2.75) is 39.2 Å². The summed E-state index contributed by atoms with van der Waals surface area (Å²) in [5.41, 5.74) is 0. The summed E-state index contributed by atoms with van der Waals surface area (Å²) in [7, 11) is 0. The first-order valence-electron chi connectivity index (χ1n) is 10.3. The summed E-state index contributed by atoms with van der Waals surface area (Å²) in [6.45, 7) is 6.70. The van der Waals surface area contributed by atoms with E-state index in [1.807, 2.05) is 30.9 Å². The average Bonchev–Trinajstić information content (AvgIpc) is 3.19. The molecular weight excluding hydrogens is 388 g/mol. The van der Waals surface area contributed by atoms with Crippen LogP contribution in [-0.4, -0.2) is 65.0 Å². The number of aromatic nitrogens is 1. The van der Waals surface area contributed by atoms with E-state index < -0.39 is 0 Å². The molecule has 0 unspecified atom stereocenters. The van der Waals surface area contributed by atoms with Crippen LogP contribution in [0.4, 0.5) is 5.82 Å². The van der Waals surface area contributed by atoms with Crippen molar-refractivity contribution in [1.29, 1.82) is 0 Å². The minimum absolute atomic E-state index is 0.00650. The number of piperazine rings is 1. The lowest BCUT2D eigenvalue weighted by molar-refractivity contribution is -0.134. The van der Waals surface area contributed by atoms with Gasteiger partial charge in [0.25, 0.3) is 0 Å². The molecule has 2 heterocycles. The summed E-state index contributed by atoms with van der Waals surface area (Å²) in [6, 6.07) is 7.95. The highest BCUT2D eigenvalue weighted by Crippen LogP contribution is 2.29. The van der Waals surface area contributed by atoms with Crippen LogP contribution in [0, 0.1) is 5.92 Å². The first-order chi connectivity index (χ1) is 14.0. The normalized spacial score (nSPS) is 16.7. The van der Waals surface area contributed by atoms with Crippen molar-refractivity contribution < 1.29 is 14.7 Å². The molecule has 0 spiro atoms. The average molecular weight is 419 g/mol. The van der Waals surface area contributed by atoms with E-state index in [1.54, 1.807) is 0 Å². The number of hydrogen-bond acceptors (Lipinski definition) is 6. The first kappa shape index (κ1) is 21.5. The zero-order valence-electron chi connectivity index (χ0n) is 17.1. The van der Waals surface area contributed by atoms with Crippen molar-refractivity contribution in [1.82, 2.24) is 14.6 Å². The SMILES string of the molecule is CC[C@H](C)[C@@H](CO)NC(=O)CCC(=O)N1CCN(c2nsc3ccccc23)CC1. The maximum absolute atomic E-state index is 12.5. The molecule has 0 bridgehead atoms. The molecule has 1 aliphatic rings. The fourth-order valence-electron chi connectivity index (χ4n) is 3.58. The van der Waals surface area contributed by atoms with Crippen molar-refractivity contribution in [2.24, 2.45) is 5.92 Å². The van der Waals surface area contributed by atoms with Gasteiger partial charge in [-0.25, -0.2) is 0 Å². The maximum Gasteiger partial charge on any atom is 0.223 e. The van der Waals surface area contributed by atoms with Crippen LogP contribution in [0.2, 0.25) is 0 Å². The Bertz CT molecular complexity index is 832. The van der Waals surface area contributed by atoms with Crippen LogP contribution < -0.4 is 10.2 Å². The smallest absolute Gasteiger partial charge is 0.223 e. The molecule has 0 radical (unpaired) electrons. The van der Waals surface area contributed by atoms with Crippen LogP contribution in [0.5, 0.6) is 0 Å². The Balaban J connectivity index is 1.46. The lowest BCUT2D eigenvalue weighted by Gasteiger charge is -2.35. The number of benzene rings is 1. The maximum atomic E-state index is 12.5. The Kier molecular flexibility index (Phi) is 7.44. The number of anilines is 1. The molecule has 2 N–H and O–H groups in total. The summed E-state index contributed by atoms with van der Waals surface area (Å²) in [6.07, 6.45) is 1.23. The standard InChI is InChI=1S/C21H30N4O3S/c1-3-15(2)17(14-26)22-19(27)8-9-20(28)24-10-12-25(13-11-24)21-16-6-4-5-7-18(16)29-23-21/h4-7,15,17,26H,3,8-14H2,1-2H3,(H,22,27)/t15-,17+/m0/s1. The summed E-state index contributed by atoms with van der Waals surface area (Å²) in [4.78, 5) is 28.7. The summed E-state index contributed by atoms with van der Waals surface area (Å²) >= 11 is 1.50. The monoisotopic (exact) mass is 418 g/mol. The van der Waals surface area contributed by atoms with Crippen LogP contribution in [0.3, 0.4) is 0 Å². The van der Waals surface area contributed by atoms with Crippen molar-refractivity contribution >= 4 is 39.3 Å². The van der Waals surface area contributed by atoms with Gasteiger partial charge in [0.05, 0.1) is 17.3 Å². The van der Waals surface area contributed by atoms with Crippen molar-refractivity contribution in [3.05, 3.63) is 24.3 Å². The molecule has 8 heteroatoms. The van der Waals surface area contributed by atoms with Gasteiger partial charge in [-0.2, -0.15) is 4.37 Å². The van der Waals surface area contributed by atoms with E-state index in [-0.39, 0.29) is 43.2 Å². The Morgan fingerprint density at radius 2 is 1.93 bits per heavy atom. The minimum Gasteiger partial charge on any atom is -0.394 e. The minimum atomic E-state index is -0.251. The number of carbonyl (C=O) groups excluding carboxylic acids is 2. The molecule has 0 saturated carbocycles. The largest absolute Gasteiger partial charge is 0.394 e. The van der Waals surface area contributed by atoms with E-state index in [1.165, 1.54) is 16.2 Å². The van der Waals surface area contributed by atoms with Crippen LogP contribution >= 0.6 is 11.5 Å². The van der Waals surface area contributed by atoms with Gasteiger partial charge in [0.15, 0.2) is 0 Å². The number of aliphatic hydroxyl groups excluding tert-OH is 1. The number of nitrogens with zero attached hydrogens (tertiary/aromatic N) is 3. The highest BCUT2D eigenvalue weighted by atomic mass is 32.1. The molecule has 158 valence electrons. The molecule has 1 fully saturated rings. The topological polar surface area (TPSA) is 85.8 Å². The van der Waals surface area contributed by atoms with E-state index in [4.69, 9.17) is 0 Å². The Hall–Kier alpha value is -2.19. The molecule has 0 aliphatic carbocycles. The highest BCUT2D eigenvalue weighted by Gasteiger charge is 2.24. The third-order valence-electron chi connectivity index (χ3n) is 5.73. The number of fused-ring (bicyclic) bond motifs is 1. The number of amides is 2. The molecule has 1 saturated heterocycles. The molecule has 1 aromatic heterocycles. The molecule has 3 rings (SSSR count). The van der Waals surface area contributed by atoms with Gasteiger partial charge in [0.2, 0.25) is 11.8 Å². The van der Waals surface area contributed by atoms with Crippen LogP contribution in [0.1, 0.15) is 33.1 Å². The number of rotatable bonds is 8. The predicted molar refractivity (Wildman–Crippen MR) is 116 cm³/mol. The van der Waals surface area contributed by atoms with Crippen molar-refractivity contribution in [2.75, 3.05) is 37.7 Å². The van der Waals surface area contributed by atoms with E-state index in [0.29, 0.717) is 13.1 Å². The van der Waals surface area contributed by atoms with Gasteiger partial charge in [-0.1, -0.05) is 32.4 Å². The molecule has 1 aromatic carbocycles. The summed E-state index contributed by atoms with van der Waals surface area (Å²) in [5, 5.41) is 13.4. The van der Waals surface area contributed by atoms with Gasteiger partial charge in [-0.15, -0.1) is 0 Å².